The van der Waals surface area contributed by atoms with Gasteiger partial charge in [-0.25, -0.2) is 8.42 Å². The first kappa shape index (κ1) is 16.8. The standard InChI is InChI=1S/C13H19Cl2NO2S/c1-3-8-16-10(4-2)9-19(17,18)13-11(14)6-5-7-12(13)15/h5-7,10,16H,3-4,8-9H2,1-2H3. The van der Waals surface area contributed by atoms with Crippen molar-refractivity contribution in [1.82, 2.24) is 5.32 Å². The van der Waals surface area contributed by atoms with Crippen molar-refractivity contribution < 1.29 is 8.42 Å². The second-order valence-corrected chi connectivity index (χ2v) is 7.18. The zero-order valence-corrected chi connectivity index (χ0v) is 13.4. The fraction of sp³-hybridized carbons (Fsp3) is 0.538. The van der Waals surface area contributed by atoms with E-state index in [0.717, 1.165) is 19.4 Å². The summed E-state index contributed by atoms with van der Waals surface area (Å²) in [5.74, 6) is 0.00690. The number of halogens is 2. The topological polar surface area (TPSA) is 46.2 Å². The van der Waals surface area contributed by atoms with E-state index in [0.29, 0.717) is 0 Å². The highest BCUT2D eigenvalue weighted by Gasteiger charge is 2.24. The molecule has 1 aromatic carbocycles. The van der Waals surface area contributed by atoms with Crippen LogP contribution >= 0.6 is 23.2 Å². The van der Waals surface area contributed by atoms with Gasteiger partial charge in [0.1, 0.15) is 4.90 Å². The van der Waals surface area contributed by atoms with E-state index in [-0.39, 0.29) is 26.7 Å². The van der Waals surface area contributed by atoms with Crippen LogP contribution in [0.15, 0.2) is 23.1 Å². The van der Waals surface area contributed by atoms with Gasteiger partial charge in [0.15, 0.2) is 9.84 Å². The minimum absolute atomic E-state index is 0.00690. The lowest BCUT2D eigenvalue weighted by Gasteiger charge is -2.17. The van der Waals surface area contributed by atoms with Crippen LogP contribution in [0.5, 0.6) is 0 Å². The van der Waals surface area contributed by atoms with Crippen LogP contribution in [0.3, 0.4) is 0 Å². The molecule has 0 aliphatic heterocycles. The van der Waals surface area contributed by atoms with Gasteiger partial charge in [-0.3, -0.25) is 0 Å². The Morgan fingerprint density at radius 2 is 1.79 bits per heavy atom. The highest BCUT2D eigenvalue weighted by atomic mass is 35.5. The summed E-state index contributed by atoms with van der Waals surface area (Å²) in [6.07, 6.45) is 1.70. The predicted molar refractivity (Wildman–Crippen MR) is 80.9 cm³/mol. The molecule has 19 heavy (non-hydrogen) atoms. The lowest BCUT2D eigenvalue weighted by Crippen LogP contribution is -2.35. The predicted octanol–water partition coefficient (Wildman–Crippen LogP) is 3.55. The third-order valence-electron chi connectivity index (χ3n) is 2.83. The molecule has 0 fully saturated rings. The summed E-state index contributed by atoms with van der Waals surface area (Å²) in [6.45, 7) is 4.79. The summed E-state index contributed by atoms with van der Waals surface area (Å²) < 4.78 is 24.8. The molecule has 3 nitrogen and oxygen atoms in total. The maximum atomic E-state index is 12.4. The number of sulfone groups is 1. The van der Waals surface area contributed by atoms with Crippen molar-refractivity contribution in [2.45, 2.75) is 37.6 Å². The van der Waals surface area contributed by atoms with Gasteiger partial charge in [0.2, 0.25) is 0 Å². The summed E-state index contributed by atoms with van der Waals surface area (Å²) in [4.78, 5) is 0.0371. The molecule has 0 saturated carbocycles. The fourth-order valence-electron chi connectivity index (χ4n) is 1.80. The van der Waals surface area contributed by atoms with Gasteiger partial charge in [0.05, 0.1) is 15.8 Å². The second-order valence-electron chi connectivity index (χ2n) is 4.39. The van der Waals surface area contributed by atoms with Crippen LogP contribution in [-0.2, 0) is 9.84 Å². The Morgan fingerprint density at radius 3 is 2.26 bits per heavy atom. The lowest BCUT2D eigenvalue weighted by atomic mass is 10.2. The van der Waals surface area contributed by atoms with E-state index in [1.165, 1.54) is 0 Å². The maximum Gasteiger partial charge on any atom is 0.182 e. The molecular weight excluding hydrogens is 305 g/mol. The Kier molecular flexibility index (Phi) is 6.60. The number of hydrogen-bond donors (Lipinski definition) is 1. The van der Waals surface area contributed by atoms with Crippen LogP contribution in [0.25, 0.3) is 0 Å². The molecule has 0 aliphatic carbocycles. The van der Waals surface area contributed by atoms with Crippen molar-refractivity contribution in [2.24, 2.45) is 0 Å². The van der Waals surface area contributed by atoms with Crippen LogP contribution in [0.2, 0.25) is 10.0 Å². The molecule has 0 spiro atoms. The monoisotopic (exact) mass is 323 g/mol. The third kappa shape index (κ3) is 4.63. The molecule has 1 unspecified atom stereocenters. The molecule has 0 saturated heterocycles. The maximum absolute atomic E-state index is 12.4. The van der Waals surface area contributed by atoms with Crippen molar-refractivity contribution in [3.63, 3.8) is 0 Å². The highest BCUT2D eigenvalue weighted by molar-refractivity contribution is 7.91. The molecule has 1 rings (SSSR count). The van der Waals surface area contributed by atoms with E-state index in [1.54, 1.807) is 18.2 Å². The average Bonchev–Trinajstić information content (AvgIpc) is 2.33. The van der Waals surface area contributed by atoms with Gasteiger partial charge in [-0.15, -0.1) is 0 Å². The molecule has 0 amide bonds. The summed E-state index contributed by atoms with van der Waals surface area (Å²) >= 11 is 11.9. The first-order chi connectivity index (χ1) is 8.92. The SMILES string of the molecule is CCCNC(CC)CS(=O)(=O)c1c(Cl)cccc1Cl. The van der Waals surface area contributed by atoms with Gasteiger partial charge in [-0.05, 0) is 31.5 Å². The number of rotatable bonds is 7. The Hall–Kier alpha value is -0.290. The van der Waals surface area contributed by atoms with Crippen LogP contribution in [0.4, 0.5) is 0 Å². The second kappa shape index (κ2) is 7.48. The summed E-state index contributed by atoms with van der Waals surface area (Å²) in [6, 6.07) is 4.63. The average molecular weight is 324 g/mol. The van der Waals surface area contributed by atoms with Crippen LogP contribution < -0.4 is 5.32 Å². The Labute approximate surface area is 125 Å². The van der Waals surface area contributed by atoms with Crippen molar-refractivity contribution >= 4 is 33.0 Å². The van der Waals surface area contributed by atoms with Gasteiger partial charge < -0.3 is 5.32 Å². The Bertz CT molecular complexity index is 497. The van der Waals surface area contributed by atoms with Gasteiger partial charge >= 0.3 is 0 Å². The highest BCUT2D eigenvalue weighted by Crippen LogP contribution is 2.30. The van der Waals surface area contributed by atoms with Crippen LogP contribution in [0.1, 0.15) is 26.7 Å². The van der Waals surface area contributed by atoms with Gasteiger partial charge in [0, 0.05) is 6.04 Å². The molecule has 1 atom stereocenters. The smallest absolute Gasteiger partial charge is 0.182 e. The summed E-state index contributed by atoms with van der Waals surface area (Å²) in [5.41, 5.74) is 0. The van der Waals surface area contributed by atoms with Gasteiger partial charge in [0.25, 0.3) is 0 Å². The van der Waals surface area contributed by atoms with E-state index < -0.39 is 9.84 Å². The first-order valence-corrected chi connectivity index (χ1v) is 8.73. The van der Waals surface area contributed by atoms with Crippen LogP contribution in [0, 0.1) is 0 Å². The largest absolute Gasteiger partial charge is 0.313 e. The van der Waals surface area contributed by atoms with Gasteiger partial charge in [-0.2, -0.15) is 0 Å². The van der Waals surface area contributed by atoms with E-state index in [4.69, 9.17) is 23.2 Å². The molecule has 0 heterocycles. The Morgan fingerprint density at radius 1 is 1.21 bits per heavy atom. The van der Waals surface area contributed by atoms with E-state index in [1.807, 2.05) is 13.8 Å². The van der Waals surface area contributed by atoms with Gasteiger partial charge in [-0.1, -0.05) is 43.1 Å². The van der Waals surface area contributed by atoms with E-state index in [2.05, 4.69) is 5.32 Å². The van der Waals surface area contributed by atoms with Crippen molar-refractivity contribution in [3.05, 3.63) is 28.2 Å². The lowest BCUT2D eigenvalue weighted by molar-refractivity contribution is 0.520. The van der Waals surface area contributed by atoms with Crippen LogP contribution in [-0.4, -0.2) is 26.8 Å². The zero-order chi connectivity index (χ0) is 14.5. The molecule has 1 N–H and O–H groups in total. The number of nitrogens with one attached hydrogen (secondary N) is 1. The Balaban J connectivity index is 2.97. The summed E-state index contributed by atoms with van der Waals surface area (Å²) in [7, 11) is -3.49. The van der Waals surface area contributed by atoms with E-state index in [9.17, 15) is 8.42 Å². The molecule has 0 radical (unpaired) electrons. The molecule has 108 valence electrons. The molecule has 1 aromatic rings. The molecule has 0 bridgehead atoms. The number of benzene rings is 1. The quantitative estimate of drug-likeness (QED) is 0.834. The minimum Gasteiger partial charge on any atom is -0.313 e. The van der Waals surface area contributed by atoms with Crippen molar-refractivity contribution in [1.29, 1.82) is 0 Å². The molecule has 6 heteroatoms. The zero-order valence-electron chi connectivity index (χ0n) is 11.1. The molecule has 0 aromatic heterocycles. The summed E-state index contributed by atoms with van der Waals surface area (Å²) in [5, 5.41) is 3.58. The van der Waals surface area contributed by atoms with Crippen molar-refractivity contribution in [2.75, 3.05) is 12.3 Å². The fourth-order valence-corrected chi connectivity index (χ4v) is 4.68. The minimum atomic E-state index is -3.49. The molecular formula is C13H19Cl2NO2S. The molecule has 0 aliphatic rings. The van der Waals surface area contributed by atoms with E-state index >= 15 is 0 Å². The third-order valence-corrected chi connectivity index (χ3v) is 5.58. The first-order valence-electron chi connectivity index (χ1n) is 6.32. The number of hydrogen-bond acceptors (Lipinski definition) is 3. The van der Waals surface area contributed by atoms with Crippen molar-refractivity contribution in [3.8, 4) is 0 Å². The normalized spacial score (nSPS) is 13.5.